The van der Waals surface area contributed by atoms with Gasteiger partial charge in [-0.25, -0.2) is 0 Å². The first-order valence-electron chi connectivity index (χ1n) is 26.9. The monoisotopic (exact) mass is 1070 g/mol. The second-order valence-electron chi connectivity index (χ2n) is 24.1. The fraction of sp³-hybridized carbons (Fsp3) is 1.00. The van der Waals surface area contributed by atoms with Gasteiger partial charge in [0.2, 0.25) is 0 Å². The van der Waals surface area contributed by atoms with Crippen molar-refractivity contribution in [3.05, 3.63) is 0 Å². The second kappa shape index (κ2) is 21.5. The molecule has 0 aromatic heterocycles. The first-order valence-corrected chi connectivity index (χ1v) is 26.9. The zero-order chi connectivity index (χ0) is 53.1. The number of fused-ring (bicyclic) bond motifs is 7. The van der Waals surface area contributed by atoms with Crippen LogP contribution < -0.4 is 0 Å². The molecule has 8 unspecified atom stereocenters. The molecule has 4 saturated carbocycles. The molecule has 4 aliphatic carbocycles. The van der Waals surface area contributed by atoms with E-state index in [4.69, 9.17) is 47.4 Å². The summed E-state index contributed by atoms with van der Waals surface area (Å²) >= 11 is 0. The third kappa shape index (κ3) is 9.35. The standard InChI is InChI=1S/C50H82O24/c1-18-7-10-50(66-16-18)19(2)29-41(74-50)34(59)30-21-6-5-20-11-25(23(54)12-49(20,4)22(21)8-9-48(29,30)3)67-45-39(64)36(61)40(28(15-53)70-45)71-47-43(73-46-38(63)35(60)32(57)26(13-51)68-46)42(33(58)27(14-52)69-47)72-44-37(62)31(56)24(55)17-65-44/h18-47,51-64H,5-17H2,1-4H3/t18-,19+,20?,21?,22?,23-,24-,25-,26-,27-,28-,29?,30?,31+,32+,33-,34+,35+,36-,37-,38-,39-,40+,41?,42+,43-,44?,45-,46+,47?,48-,49+,50-/m1/s1. The van der Waals surface area contributed by atoms with Crippen LogP contribution in [0, 0.1) is 52.3 Å². The number of ether oxygens (including phenoxy) is 10. The molecule has 24 nitrogen and oxygen atoms in total. The third-order valence-corrected chi connectivity index (χ3v) is 20.0. The number of aliphatic hydroxyl groups is 14. The molecule has 1 spiro atoms. The van der Waals surface area contributed by atoms with Gasteiger partial charge in [0, 0.05) is 18.3 Å². The van der Waals surface area contributed by atoms with Gasteiger partial charge in [0.1, 0.15) is 91.6 Å². The normalized spacial score (nSPS) is 58.6. The SMILES string of the molecule is C[C@@H]1CC[C@@]2(OC1)OC1C([C@@H]2C)[C@@]2(C)CCC3C(CCC4C[C@@H](O[C@@H]5O[C@H](CO)[C@H](OC6O[C@H](CO)[C@@H](O)[C@H](OC7OC[C@@H](O)[C@H](O)[C@H]7O)[C@H]6O[C@@H]6O[C@H](CO)[C@H](O)[C@H](O)[C@H]6O)[C@H](O)[C@H]5O)[C@H](O)C[C@@]43C)C2[C@@H]1O. The van der Waals surface area contributed by atoms with Crippen molar-refractivity contribution >= 4 is 0 Å². The third-order valence-electron chi connectivity index (χ3n) is 20.0. The molecule has 6 aliphatic heterocycles. The highest BCUT2D eigenvalue weighted by Gasteiger charge is 2.73. The highest BCUT2D eigenvalue weighted by Crippen LogP contribution is 2.71. The first kappa shape index (κ1) is 56.3. The van der Waals surface area contributed by atoms with E-state index < -0.39 is 167 Å². The molecule has 0 amide bonds. The number of hydrogen-bond acceptors (Lipinski definition) is 24. The number of aliphatic hydroxyl groups excluding tert-OH is 14. The number of rotatable bonds is 11. The van der Waals surface area contributed by atoms with E-state index in [0.717, 1.165) is 38.5 Å². The van der Waals surface area contributed by atoms with Crippen molar-refractivity contribution < 1.29 is 119 Å². The average molecular weight is 1070 g/mol. The van der Waals surface area contributed by atoms with Crippen molar-refractivity contribution in [2.45, 2.75) is 226 Å². The average Bonchev–Trinajstić information content (AvgIpc) is 3.79. The minimum atomic E-state index is -2.03. The van der Waals surface area contributed by atoms with Gasteiger partial charge in [0.05, 0.1) is 57.5 Å². The summed E-state index contributed by atoms with van der Waals surface area (Å²) < 4.78 is 60.8. The largest absolute Gasteiger partial charge is 0.394 e. The Kier molecular flexibility index (Phi) is 16.4. The lowest BCUT2D eigenvalue weighted by molar-refractivity contribution is -0.404. The molecule has 0 aromatic carbocycles. The molecule has 24 heteroatoms. The predicted octanol–water partition coefficient (Wildman–Crippen LogP) is -4.33. The molecule has 10 aliphatic rings. The van der Waals surface area contributed by atoms with E-state index in [0.29, 0.717) is 25.4 Å². The lowest BCUT2D eigenvalue weighted by Gasteiger charge is -2.62. The van der Waals surface area contributed by atoms with Gasteiger partial charge in [-0.1, -0.05) is 27.7 Å². The molecule has 10 fully saturated rings. The summed E-state index contributed by atoms with van der Waals surface area (Å²) in [5, 5.41) is 154. The van der Waals surface area contributed by atoms with Crippen molar-refractivity contribution in [3.8, 4) is 0 Å². The van der Waals surface area contributed by atoms with Crippen molar-refractivity contribution in [1.82, 2.24) is 0 Å². The Morgan fingerprint density at radius 3 is 1.82 bits per heavy atom. The summed E-state index contributed by atoms with van der Waals surface area (Å²) in [5.74, 6) is 0.623. The van der Waals surface area contributed by atoms with E-state index in [-0.39, 0.29) is 52.4 Å². The van der Waals surface area contributed by atoms with Gasteiger partial charge in [0.25, 0.3) is 0 Å². The maximum Gasteiger partial charge on any atom is 0.187 e. The van der Waals surface area contributed by atoms with Gasteiger partial charge < -0.3 is 119 Å². The van der Waals surface area contributed by atoms with Gasteiger partial charge >= 0.3 is 0 Å². The summed E-state index contributed by atoms with van der Waals surface area (Å²) in [7, 11) is 0. The minimum Gasteiger partial charge on any atom is -0.394 e. The quantitative estimate of drug-likeness (QED) is 0.0870. The molecule has 6 saturated heterocycles. The molecule has 0 bridgehead atoms. The van der Waals surface area contributed by atoms with Crippen molar-refractivity contribution in [2.75, 3.05) is 33.0 Å². The van der Waals surface area contributed by atoms with Crippen LogP contribution in [0.3, 0.4) is 0 Å². The van der Waals surface area contributed by atoms with Crippen LogP contribution in [-0.2, 0) is 47.4 Å². The Hall–Kier alpha value is -0.960. The molecule has 14 N–H and O–H groups in total. The predicted molar refractivity (Wildman–Crippen MR) is 245 cm³/mol. The zero-order valence-corrected chi connectivity index (χ0v) is 42.4. The van der Waals surface area contributed by atoms with E-state index in [1.54, 1.807) is 0 Å². The van der Waals surface area contributed by atoms with Crippen LogP contribution in [0.2, 0.25) is 0 Å². The van der Waals surface area contributed by atoms with Crippen LogP contribution in [0.4, 0.5) is 0 Å². The van der Waals surface area contributed by atoms with Gasteiger partial charge in [-0.2, -0.15) is 0 Å². The summed E-state index contributed by atoms with van der Waals surface area (Å²) in [6.07, 6.45) is -30.7. The van der Waals surface area contributed by atoms with E-state index in [9.17, 15) is 71.5 Å². The van der Waals surface area contributed by atoms with E-state index >= 15 is 0 Å². The maximum atomic E-state index is 12.3. The van der Waals surface area contributed by atoms with Gasteiger partial charge in [-0.3, -0.25) is 0 Å². The van der Waals surface area contributed by atoms with Crippen LogP contribution in [0.25, 0.3) is 0 Å². The van der Waals surface area contributed by atoms with E-state index in [1.165, 1.54) is 0 Å². The molecule has 0 radical (unpaired) electrons. The Balaban J connectivity index is 0.830. The highest BCUT2D eigenvalue weighted by molar-refractivity contribution is 5.19. The van der Waals surface area contributed by atoms with E-state index in [2.05, 4.69) is 27.7 Å². The fourth-order valence-electron chi connectivity index (χ4n) is 16.0. The van der Waals surface area contributed by atoms with Crippen LogP contribution in [0.15, 0.2) is 0 Å². The second-order valence-corrected chi connectivity index (χ2v) is 24.1. The summed E-state index contributed by atoms with van der Waals surface area (Å²) in [6.45, 7) is 6.51. The van der Waals surface area contributed by atoms with E-state index in [1.807, 2.05) is 0 Å². The molecule has 426 valence electrons. The Bertz CT molecular complexity index is 1900. The van der Waals surface area contributed by atoms with Gasteiger partial charge in [0.15, 0.2) is 30.9 Å². The van der Waals surface area contributed by atoms with Crippen molar-refractivity contribution in [2.24, 2.45) is 52.3 Å². The first-order chi connectivity index (χ1) is 35.1. The summed E-state index contributed by atoms with van der Waals surface area (Å²) in [5.41, 5.74) is -0.460. The molecular formula is C50H82O24. The molecule has 74 heavy (non-hydrogen) atoms. The number of hydrogen-bond donors (Lipinski definition) is 14. The van der Waals surface area contributed by atoms with Gasteiger partial charge in [-0.05, 0) is 85.4 Å². The molecule has 33 atom stereocenters. The smallest absolute Gasteiger partial charge is 0.187 e. The zero-order valence-electron chi connectivity index (χ0n) is 42.4. The molecular weight excluding hydrogens is 985 g/mol. The Labute approximate surface area is 429 Å². The lowest BCUT2D eigenvalue weighted by atomic mass is 9.44. The van der Waals surface area contributed by atoms with Crippen LogP contribution >= 0.6 is 0 Å². The topological polar surface area (TPSA) is 376 Å². The maximum absolute atomic E-state index is 12.3. The minimum absolute atomic E-state index is 0.0229. The van der Waals surface area contributed by atoms with Crippen molar-refractivity contribution in [3.63, 3.8) is 0 Å². The molecule has 0 aromatic rings. The summed E-state index contributed by atoms with van der Waals surface area (Å²) in [4.78, 5) is 0. The summed E-state index contributed by atoms with van der Waals surface area (Å²) in [6, 6.07) is 0. The van der Waals surface area contributed by atoms with Crippen LogP contribution in [-0.4, -0.2) is 251 Å². The van der Waals surface area contributed by atoms with Gasteiger partial charge in [-0.15, -0.1) is 0 Å². The molecule has 10 rings (SSSR count). The Morgan fingerprint density at radius 1 is 0.514 bits per heavy atom. The van der Waals surface area contributed by atoms with Crippen molar-refractivity contribution in [1.29, 1.82) is 0 Å². The molecule has 6 heterocycles. The Morgan fingerprint density at radius 2 is 1.14 bits per heavy atom. The van der Waals surface area contributed by atoms with Crippen LogP contribution in [0.5, 0.6) is 0 Å². The lowest BCUT2D eigenvalue weighted by Crippen LogP contribution is -2.68. The van der Waals surface area contributed by atoms with Crippen LogP contribution in [0.1, 0.15) is 79.1 Å². The fourth-order valence-corrected chi connectivity index (χ4v) is 16.0. The highest BCUT2D eigenvalue weighted by atomic mass is 16.8.